The van der Waals surface area contributed by atoms with Crippen molar-refractivity contribution in [3.63, 3.8) is 0 Å². The fourth-order valence-corrected chi connectivity index (χ4v) is 3.03. The Labute approximate surface area is 123 Å². The fraction of sp³-hybridized carbons (Fsp3) is 0.467. The summed E-state index contributed by atoms with van der Waals surface area (Å²) in [4.78, 5) is 13.6. The van der Waals surface area contributed by atoms with E-state index < -0.39 is 5.97 Å². The number of aryl methyl sites for hydroxylation is 1. The molecule has 0 saturated carbocycles. The second-order valence-electron chi connectivity index (χ2n) is 5.59. The van der Waals surface area contributed by atoms with E-state index in [2.05, 4.69) is 10.00 Å². The van der Waals surface area contributed by atoms with Crippen LogP contribution in [0.4, 0.5) is 0 Å². The summed E-state index contributed by atoms with van der Waals surface area (Å²) in [6.07, 6.45) is 5.78. The van der Waals surface area contributed by atoms with Gasteiger partial charge in [-0.3, -0.25) is 9.58 Å². The molecule has 0 unspecified atom stereocenters. The van der Waals surface area contributed by atoms with E-state index in [-0.39, 0.29) is 6.04 Å². The van der Waals surface area contributed by atoms with Gasteiger partial charge in [0.15, 0.2) is 0 Å². The third kappa shape index (κ3) is 3.00. The quantitative estimate of drug-likeness (QED) is 0.931. The van der Waals surface area contributed by atoms with Crippen LogP contribution in [0.3, 0.4) is 0 Å². The second kappa shape index (κ2) is 5.73. The van der Waals surface area contributed by atoms with Crippen LogP contribution in [0.2, 0.25) is 0 Å². The number of piperidine rings is 1. The maximum absolute atomic E-state index is 11.2. The van der Waals surface area contributed by atoms with E-state index in [1.165, 1.54) is 0 Å². The van der Waals surface area contributed by atoms with Crippen molar-refractivity contribution in [2.45, 2.75) is 25.4 Å². The Balaban J connectivity index is 1.60. The van der Waals surface area contributed by atoms with Crippen LogP contribution in [0.25, 0.3) is 0 Å². The van der Waals surface area contributed by atoms with Crippen molar-refractivity contribution in [2.24, 2.45) is 7.05 Å². The molecule has 1 aliphatic rings. The molecule has 0 amide bonds. The first-order valence-corrected chi connectivity index (χ1v) is 7.24. The van der Waals surface area contributed by atoms with E-state index in [9.17, 15) is 9.90 Å². The van der Waals surface area contributed by atoms with Crippen LogP contribution in [0.5, 0.6) is 0 Å². The van der Waals surface area contributed by atoms with Crippen molar-refractivity contribution < 1.29 is 9.90 Å². The Morgan fingerprint density at radius 2 is 2.10 bits per heavy atom. The molecule has 2 aromatic rings. The third-order valence-corrected chi connectivity index (χ3v) is 4.10. The number of nitrogens with zero attached hydrogens (tertiary/aromatic N) is 4. The maximum atomic E-state index is 11.2. The molecule has 6 nitrogen and oxygen atoms in total. The average Bonchev–Trinajstić information content (AvgIpc) is 3.09. The van der Waals surface area contributed by atoms with Gasteiger partial charge in [-0.25, -0.2) is 4.79 Å². The highest BCUT2D eigenvalue weighted by Crippen LogP contribution is 2.25. The van der Waals surface area contributed by atoms with E-state index in [1.807, 2.05) is 40.8 Å². The number of carboxylic acid groups (broad SMARTS) is 1. The normalized spacial score (nSPS) is 17.2. The molecule has 1 aliphatic heterocycles. The lowest BCUT2D eigenvalue weighted by Crippen LogP contribution is -2.34. The molecule has 2 aromatic heterocycles. The molecule has 0 aromatic carbocycles. The monoisotopic (exact) mass is 288 g/mol. The average molecular weight is 288 g/mol. The maximum Gasteiger partial charge on any atom is 0.352 e. The SMILES string of the molecule is Cn1ccc(CN2CCC(n3cccc3C(=O)O)CC2)n1. The number of carboxylic acids is 1. The fourth-order valence-electron chi connectivity index (χ4n) is 3.03. The molecule has 0 atom stereocenters. The van der Waals surface area contributed by atoms with Gasteiger partial charge in [-0.1, -0.05) is 0 Å². The first-order chi connectivity index (χ1) is 10.1. The highest BCUT2D eigenvalue weighted by molar-refractivity contribution is 5.85. The molecule has 0 aliphatic carbocycles. The Bertz CT molecular complexity index is 623. The lowest BCUT2D eigenvalue weighted by Gasteiger charge is -2.32. The van der Waals surface area contributed by atoms with Crippen molar-refractivity contribution in [3.05, 3.63) is 42.0 Å². The van der Waals surface area contributed by atoms with E-state index in [1.54, 1.807) is 6.07 Å². The molecule has 6 heteroatoms. The number of carbonyl (C=O) groups is 1. The van der Waals surface area contributed by atoms with E-state index in [0.717, 1.165) is 38.2 Å². The summed E-state index contributed by atoms with van der Waals surface area (Å²) < 4.78 is 3.72. The summed E-state index contributed by atoms with van der Waals surface area (Å²) in [7, 11) is 1.93. The Morgan fingerprint density at radius 3 is 2.71 bits per heavy atom. The summed E-state index contributed by atoms with van der Waals surface area (Å²) >= 11 is 0. The molecule has 3 rings (SSSR count). The van der Waals surface area contributed by atoms with Crippen LogP contribution in [0.15, 0.2) is 30.6 Å². The van der Waals surface area contributed by atoms with Gasteiger partial charge in [0.25, 0.3) is 0 Å². The van der Waals surface area contributed by atoms with Crippen LogP contribution in [-0.4, -0.2) is 43.4 Å². The van der Waals surface area contributed by atoms with Gasteiger partial charge in [-0.2, -0.15) is 5.10 Å². The van der Waals surface area contributed by atoms with Gasteiger partial charge < -0.3 is 9.67 Å². The summed E-state index contributed by atoms with van der Waals surface area (Å²) in [5, 5.41) is 13.6. The summed E-state index contributed by atoms with van der Waals surface area (Å²) in [5.41, 5.74) is 1.47. The van der Waals surface area contributed by atoms with Gasteiger partial charge in [-0.05, 0) is 31.0 Å². The Morgan fingerprint density at radius 1 is 1.33 bits per heavy atom. The van der Waals surface area contributed by atoms with Crippen LogP contribution in [-0.2, 0) is 13.6 Å². The number of aromatic carboxylic acids is 1. The van der Waals surface area contributed by atoms with Crippen molar-refractivity contribution >= 4 is 5.97 Å². The number of aromatic nitrogens is 3. The van der Waals surface area contributed by atoms with Gasteiger partial charge in [0.1, 0.15) is 5.69 Å². The highest BCUT2D eigenvalue weighted by Gasteiger charge is 2.23. The lowest BCUT2D eigenvalue weighted by molar-refractivity contribution is 0.0678. The van der Waals surface area contributed by atoms with E-state index in [4.69, 9.17) is 0 Å². The molecule has 1 fully saturated rings. The number of likely N-dealkylation sites (tertiary alicyclic amines) is 1. The van der Waals surface area contributed by atoms with Crippen molar-refractivity contribution in [1.29, 1.82) is 0 Å². The second-order valence-corrected chi connectivity index (χ2v) is 5.59. The minimum Gasteiger partial charge on any atom is -0.477 e. The Hall–Kier alpha value is -2.08. The molecular weight excluding hydrogens is 268 g/mol. The minimum atomic E-state index is -0.851. The number of rotatable bonds is 4. The zero-order valence-corrected chi connectivity index (χ0v) is 12.1. The minimum absolute atomic E-state index is 0.283. The molecule has 21 heavy (non-hydrogen) atoms. The standard InChI is InChI=1S/C15H20N4O2/c1-17-8-4-12(16-17)11-18-9-5-13(6-10-18)19-7-2-3-14(19)15(20)21/h2-4,7-8,13H,5-6,9-11H2,1H3,(H,20,21). The van der Waals surface area contributed by atoms with Crippen LogP contribution in [0, 0.1) is 0 Å². The smallest absolute Gasteiger partial charge is 0.352 e. The van der Waals surface area contributed by atoms with Crippen molar-refractivity contribution in [1.82, 2.24) is 19.2 Å². The van der Waals surface area contributed by atoms with Gasteiger partial charge in [0, 0.05) is 45.1 Å². The lowest BCUT2D eigenvalue weighted by atomic mass is 10.0. The van der Waals surface area contributed by atoms with Gasteiger partial charge in [0.05, 0.1) is 5.69 Å². The number of hydrogen-bond acceptors (Lipinski definition) is 3. The molecule has 1 N–H and O–H groups in total. The summed E-state index contributed by atoms with van der Waals surface area (Å²) in [6.45, 7) is 2.81. The van der Waals surface area contributed by atoms with Gasteiger partial charge in [-0.15, -0.1) is 0 Å². The van der Waals surface area contributed by atoms with Crippen LogP contribution in [0.1, 0.15) is 35.1 Å². The summed E-state index contributed by atoms with van der Waals surface area (Å²) in [6, 6.07) is 5.80. The summed E-state index contributed by atoms with van der Waals surface area (Å²) in [5.74, 6) is -0.851. The predicted molar refractivity (Wildman–Crippen MR) is 78.1 cm³/mol. The van der Waals surface area contributed by atoms with Crippen LogP contribution < -0.4 is 0 Å². The molecular formula is C15H20N4O2. The first-order valence-electron chi connectivity index (χ1n) is 7.24. The number of hydrogen-bond donors (Lipinski definition) is 1. The highest BCUT2D eigenvalue weighted by atomic mass is 16.4. The molecule has 0 radical (unpaired) electrons. The first kappa shape index (κ1) is 13.9. The van der Waals surface area contributed by atoms with Crippen LogP contribution >= 0.6 is 0 Å². The molecule has 112 valence electrons. The molecule has 3 heterocycles. The topological polar surface area (TPSA) is 63.3 Å². The van der Waals surface area contributed by atoms with E-state index >= 15 is 0 Å². The van der Waals surface area contributed by atoms with Gasteiger partial charge in [0.2, 0.25) is 0 Å². The van der Waals surface area contributed by atoms with Crippen molar-refractivity contribution in [2.75, 3.05) is 13.1 Å². The Kier molecular flexibility index (Phi) is 3.79. The largest absolute Gasteiger partial charge is 0.477 e. The van der Waals surface area contributed by atoms with E-state index in [0.29, 0.717) is 5.69 Å². The van der Waals surface area contributed by atoms with Crippen molar-refractivity contribution in [3.8, 4) is 0 Å². The van der Waals surface area contributed by atoms with Gasteiger partial charge >= 0.3 is 5.97 Å². The molecule has 1 saturated heterocycles. The predicted octanol–water partition coefficient (Wildman–Crippen LogP) is 1.76. The molecule has 0 spiro atoms. The zero-order valence-electron chi connectivity index (χ0n) is 12.1. The zero-order chi connectivity index (χ0) is 14.8. The third-order valence-electron chi connectivity index (χ3n) is 4.10. The molecule has 0 bridgehead atoms.